The zero-order chi connectivity index (χ0) is 23.5. The van der Waals surface area contributed by atoms with E-state index in [9.17, 15) is 9.59 Å². The Balaban J connectivity index is 1.66. The van der Waals surface area contributed by atoms with E-state index >= 15 is 0 Å². The number of carbonyl (C=O) groups excluding carboxylic acids is 2. The van der Waals surface area contributed by atoms with E-state index in [1.807, 2.05) is 27.8 Å². The number of hydrogen-bond donors (Lipinski definition) is 2. The lowest BCUT2D eigenvalue weighted by Gasteiger charge is -2.10. The number of aryl methyl sites for hydroxylation is 3. The van der Waals surface area contributed by atoms with E-state index in [1.54, 1.807) is 41.1 Å². The first kappa shape index (κ1) is 21.8. The molecule has 4 rings (SSSR count). The molecule has 0 saturated heterocycles. The predicted octanol–water partition coefficient (Wildman–Crippen LogP) is 5.45. The van der Waals surface area contributed by atoms with Crippen LogP contribution in [0, 0.1) is 20.8 Å². The van der Waals surface area contributed by atoms with Crippen molar-refractivity contribution in [2.24, 2.45) is 17.3 Å². The van der Waals surface area contributed by atoms with Crippen molar-refractivity contribution in [2.45, 2.75) is 20.8 Å². The SMILES string of the molecule is Cc1coc(C(=O)Nc2cc(NC(=O)c3ccco3)ccc2/N=N/c2c(C)nn(C)c2C)c1. The topological polar surface area (TPSA) is 127 Å². The number of nitrogens with one attached hydrogen (secondary N) is 2. The highest BCUT2D eigenvalue weighted by atomic mass is 16.3. The predicted molar refractivity (Wildman–Crippen MR) is 121 cm³/mol. The van der Waals surface area contributed by atoms with Gasteiger partial charge in [0.15, 0.2) is 11.5 Å². The molecular weight excluding hydrogens is 424 g/mol. The fourth-order valence-corrected chi connectivity index (χ4v) is 3.15. The van der Waals surface area contributed by atoms with Crippen molar-refractivity contribution in [3.8, 4) is 0 Å². The summed E-state index contributed by atoms with van der Waals surface area (Å²) in [5.74, 6) is -0.560. The number of carbonyl (C=O) groups is 2. The third-order valence-corrected chi connectivity index (χ3v) is 4.93. The number of furan rings is 2. The normalized spacial score (nSPS) is 11.2. The number of rotatable bonds is 6. The maximum Gasteiger partial charge on any atom is 0.291 e. The molecule has 1 aromatic carbocycles. The van der Waals surface area contributed by atoms with Crippen molar-refractivity contribution >= 4 is 34.6 Å². The van der Waals surface area contributed by atoms with Gasteiger partial charge in [-0.15, -0.1) is 10.2 Å². The molecule has 10 nitrogen and oxygen atoms in total. The summed E-state index contributed by atoms with van der Waals surface area (Å²) in [6.07, 6.45) is 2.90. The number of anilines is 2. The summed E-state index contributed by atoms with van der Waals surface area (Å²) in [5, 5.41) is 18.5. The van der Waals surface area contributed by atoms with Gasteiger partial charge in [-0.05, 0) is 62.7 Å². The summed E-state index contributed by atoms with van der Waals surface area (Å²) >= 11 is 0. The molecule has 0 fully saturated rings. The van der Waals surface area contributed by atoms with E-state index in [0.717, 1.165) is 17.0 Å². The van der Waals surface area contributed by atoms with E-state index < -0.39 is 11.8 Å². The summed E-state index contributed by atoms with van der Waals surface area (Å²) in [5.41, 5.74) is 4.23. The molecule has 0 aliphatic carbocycles. The minimum absolute atomic E-state index is 0.152. The molecule has 4 aromatic rings. The van der Waals surface area contributed by atoms with Crippen LogP contribution in [0.15, 0.2) is 68.0 Å². The van der Waals surface area contributed by atoms with Crippen LogP contribution >= 0.6 is 0 Å². The number of amides is 2. The molecule has 0 atom stereocenters. The van der Waals surface area contributed by atoms with Crippen molar-refractivity contribution < 1.29 is 18.4 Å². The number of hydrogen-bond acceptors (Lipinski definition) is 7. The van der Waals surface area contributed by atoms with Crippen LogP contribution in [0.25, 0.3) is 0 Å². The highest BCUT2D eigenvalue weighted by Gasteiger charge is 2.16. The van der Waals surface area contributed by atoms with Gasteiger partial charge in [-0.3, -0.25) is 14.3 Å². The van der Waals surface area contributed by atoms with Crippen LogP contribution in [0.5, 0.6) is 0 Å². The van der Waals surface area contributed by atoms with Crippen molar-refractivity contribution in [3.05, 3.63) is 77.4 Å². The van der Waals surface area contributed by atoms with Gasteiger partial charge in [0.2, 0.25) is 0 Å². The first-order chi connectivity index (χ1) is 15.8. The monoisotopic (exact) mass is 446 g/mol. The van der Waals surface area contributed by atoms with Gasteiger partial charge in [0.25, 0.3) is 11.8 Å². The van der Waals surface area contributed by atoms with E-state index in [4.69, 9.17) is 8.83 Å². The highest BCUT2D eigenvalue weighted by molar-refractivity contribution is 6.06. The van der Waals surface area contributed by atoms with Crippen LogP contribution in [-0.2, 0) is 7.05 Å². The second kappa shape index (κ2) is 8.95. The van der Waals surface area contributed by atoms with Gasteiger partial charge in [-0.1, -0.05) is 0 Å². The standard InChI is InChI=1S/C23H22N6O4/c1-13-10-20(33-12-13)23(31)25-18-11-16(24-22(30)19-6-5-9-32-19)7-8-17(18)26-27-21-14(2)28-29(4)15(21)3/h5-12H,1-4H3,(H,24,30)(H,25,31)/b27-26+. The molecule has 2 N–H and O–H groups in total. The molecule has 0 radical (unpaired) electrons. The van der Waals surface area contributed by atoms with Gasteiger partial charge in [-0.25, -0.2) is 0 Å². The summed E-state index contributed by atoms with van der Waals surface area (Å²) in [6, 6.07) is 9.69. The number of benzene rings is 1. The molecule has 0 aliphatic rings. The molecule has 3 heterocycles. The molecule has 168 valence electrons. The third kappa shape index (κ3) is 4.74. The van der Waals surface area contributed by atoms with Crippen molar-refractivity contribution in [1.82, 2.24) is 9.78 Å². The smallest absolute Gasteiger partial charge is 0.291 e. The summed E-state index contributed by atoms with van der Waals surface area (Å²) in [7, 11) is 1.83. The lowest BCUT2D eigenvalue weighted by Crippen LogP contribution is -2.13. The molecular formula is C23H22N6O4. The quantitative estimate of drug-likeness (QED) is 0.381. The second-order valence-electron chi connectivity index (χ2n) is 7.45. The Labute approximate surface area is 189 Å². The molecule has 0 saturated carbocycles. The molecule has 2 amide bonds. The third-order valence-electron chi connectivity index (χ3n) is 4.93. The van der Waals surface area contributed by atoms with E-state index in [-0.39, 0.29) is 11.5 Å². The minimum atomic E-state index is -0.456. The Morgan fingerprint density at radius 2 is 1.76 bits per heavy atom. The summed E-state index contributed by atoms with van der Waals surface area (Å²) in [6.45, 7) is 5.56. The second-order valence-corrected chi connectivity index (χ2v) is 7.45. The van der Waals surface area contributed by atoms with Crippen molar-refractivity contribution in [1.29, 1.82) is 0 Å². The van der Waals surface area contributed by atoms with Gasteiger partial charge in [-0.2, -0.15) is 5.10 Å². The first-order valence-electron chi connectivity index (χ1n) is 10.1. The Kier molecular flexibility index (Phi) is 5.90. The first-order valence-corrected chi connectivity index (χ1v) is 10.1. The van der Waals surface area contributed by atoms with Crippen molar-refractivity contribution in [2.75, 3.05) is 10.6 Å². The summed E-state index contributed by atoms with van der Waals surface area (Å²) in [4.78, 5) is 25.0. The van der Waals surface area contributed by atoms with Crippen LogP contribution in [0.4, 0.5) is 22.7 Å². The van der Waals surface area contributed by atoms with E-state index in [1.165, 1.54) is 12.5 Å². The molecule has 0 unspecified atom stereocenters. The zero-order valence-corrected chi connectivity index (χ0v) is 18.5. The van der Waals surface area contributed by atoms with Gasteiger partial charge >= 0.3 is 0 Å². The summed E-state index contributed by atoms with van der Waals surface area (Å²) < 4.78 is 12.1. The van der Waals surface area contributed by atoms with Crippen LogP contribution in [0.1, 0.15) is 38.1 Å². The minimum Gasteiger partial charge on any atom is -0.459 e. The number of aromatic nitrogens is 2. The number of nitrogens with zero attached hydrogens (tertiary/aromatic N) is 4. The molecule has 10 heteroatoms. The van der Waals surface area contributed by atoms with Crippen LogP contribution < -0.4 is 10.6 Å². The maximum atomic E-state index is 12.7. The Morgan fingerprint density at radius 3 is 2.39 bits per heavy atom. The van der Waals surface area contributed by atoms with Gasteiger partial charge in [0, 0.05) is 12.7 Å². The van der Waals surface area contributed by atoms with Gasteiger partial charge in [0.1, 0.15) is 11.4 Å². The fraction of sp³-hybridized carbons (Fsp3) is 0.174. The molecule has 0 bridgehead atoms. The van der Waals surface area contributed by atoms with Crippen molar-refractivity contribution in [3.63, 3.8) is 0 Å². The highest BCUT2D eigenvalue weighted by Crippen LogP contribution is 2.32. The van der Waals surface area contributed by atoms with Crippen LogP contribution in [0.2, 0.25) is 0 Å². The lowest BCUT2D eigenvalue weighted by molar-refractivity contribution is 0.0990. The van der Waals surface area contributed by atoms with Gasteiger partial charge < -0.3 is 19.5 Å². The van der Waals surface area contributed by atoms with E-state index in [2.05, 4.69) is 26.0 Å². The zero-order valence-electron chi connectivity index (χ0n) is 18.5. The van der Waals surface area contributed by atoms with Gasteiger partial charge in [0.05, 0.1) is 29.6 Å². The van der Waals surface area contributed by atoms with E-state index in [0.29, 0.717) is 22.7 Å². The fourth-order valence-electron chi connectivity index (χ4n) is 3.15. The van der Waals surface area contributed by atoms with Crippen LogP contribution in [0.3, 0.4) is 0 Å². The molecule has 3 aromatic heterocycles. The molecule has 0 aliphatic heterocycles. The Hall–Kier alpha value is -4.47. The largest absolute Gasteiger partial charge is 0.459 e. The molecule has 33 heavy (non-hydrogen) atoms. The average molecular weight is 446 g/mol. The Morgan fingerprint density at radius 1 is 0.970 bits per heavy atom. The van der Waals surface area contributed by atoms with Crippen LogP contribution in [-0.4, -0.2) is 21.6 Å². The Bertz CT molecular complexity index is 1350. The number of azo groups is 1. The molecule has 0 spiro atoms. The average Bonchev–Trinajstić information content (AvgIpc) is 3.51. The lowest BCUT2D eigenvalue weighted by atomic mass is 10.2. The maximum absolute atomic E-state index is 12.7.